The van der Waals surface area contributed by atoms with E-state index in [1.807, 2.05) is 6.92 Å². The first-order chi connectivity index (χ1) is 7.92. The number of nitrogens with one attached hydrogen (secondary N) is 1. The molecule has 0 aliphatic rings. The zero-order valence-electron chi connectivity index (χ0n) is 11.7. The van der Waals surface area contributed by atoms with Gasteiger partial charge in [0.1, 0.15) is 5.75 Å². The minimum atomic E-state index is -1.08. The van der Waals surface area contributed by atoms with Crippen molar-refractivity contribution >= 4 is 16.7 Å². The molecule has 0 radical (unpaired) electrons. The zero-order valence-corrected chi connectivity index (χ0v) is 12.5. The smallest absolute Gasteiger partial charge is 0.234 e. The van der Waals surface area contributed by atoms with Crippen LogP contribution in [0, 0.1) is 5.92 Å². The number of hydrogen-bond acceptors (Lipinski definition) is 3. The number of rotatable bonds is 8. The highest BCUT2D eigenvalue weighted by molar-refractivity contribution is 7.85. The summed E-state index contributed by atoms with van der Waals surface area (Å²) in [5, 5.41) is 3.35. The molecule has 3 atom stereocenters. The summed E-state index contributed by atoms with van der Waals surface area (Å²) in [6.45, 7) is 7.19. The van der Waals surface area contributed by atoms with Crippen molar-refractivity contribution in [3.05, 3.63) is 0 Å². The predicted octanol–water partition coefficient (Wildman–Crippen LogP) is 0.848. The second-order valence-electron chi connectivity index (χ2n) is 4.59. The molecule has 1 N–H and O–H groups in total. The number of carbonyl (C=O) groups is 1. The molecule has 0 aliphatic heterocycles. The van der Waals surface area contributed by atoms with Crippen LogP contribution in [-0.4, -0.2) is 53.2 Å². The molecule has 0 aromatic carbocycles. The van der Waals surface area contributed by atoms with E-state index in [1.165, 1.54) is 4.90 Å². The Morgan fingerprint density at radius 1 is 1.35 bits per heavy atom. The third kappa shape index (κ3) is 6.78. The fourth-order valence-electron chi connectivity index (χ4n) is 1.50. The topological polar surface area (TPSA) is 49.4 Å². The molecule has 4 nitrogen and oxygen atoms in total. The molecule has 0 aliphatic carbocycles. The van der Waals surface area contributed by atoms with Gasteiger partial charge in [-0.05, 0) is 12.5 Å². The van der Waals surface area contributed by atoms with Gasteiger partial charge in [-0.25, -0.2) is 0 Å². The van der Waals surface area contributed by atoms with Crippen LogP contribution in [0.3, 0.4) is 0 Å². The first-order valence-corrected chi connectivity index (χ1v) is 7.69. The van der Waals surface area contributed by atoms with Gasteiger partial charge in [-0.15, -0.1) is 0 Å². The van der Waals surface area contributed by atoms with Crippen LogP contribution in [0.1, 0.15) is 27.2 Å². The summed E-state index contributed by atoms with van der Waals surface area (Å²) in [6.07, 6.45) is 1.05. The van der Waals surface area contributed by atoms with E-state index >= 15 is 0 Å². The number of hydrogen-bond donors (Lipinski definition) is 1. The van der Waals surface area contributed by atoms with Crippen LogP contribution in [0.15, 0.2) is 0 Å². The van der Waals surface area contributed by atoms with Crippen LogP contribution in [0.5, 0.6) is 0 Å². The summed E-state index contributed by atoms with van der Waals surface area (Å²) in [4.78, 5) is 12.9. The standard InChI is InChI=1S/C12H26N2O2S/c1-6-10(3)11(13-7-2)8-17(16)9-12(15)14(4)5/h10-11,13H,6-9H2,1-5H3. The Bertz CT molecular complexity index is 257. The van der Waals surface area contributed by atoms with Crippen molar-refractivity contribution in [3.8, 4) is 0 Å². The molecule has 0 aromatic rings. The van der Waals surface area contributed by atoms with E-state index in [2.05, 4.69) is 19.2 Å². The van der Waals surface area contributed by atoms with Crippen LogP contribution >= 0.6 is 0 Å². The van der Waals surface area contributed by atoms with Gasteiger partial charge in [0.25, 0.3) is 0 Å². The van der Waals surface area contributed by atoms with Crippen molar-refractivity contribution in [1.29, 1.82) is 0 Å². The van der Waals surface area contributed by atoms with Crippen molar-refractivity contribution in [2.24, 2.45) is 5.92 Å². The molecule has 3 unspecified atom stereocenters. The second-order valence-corrected chi connectivity index (χ2v) is 6.09. The lowest BCUT2D eigenvalue weighted by Crippen LogP contribution is -2.40. The number of nitrogens with zero attached hydrogens (tertiary/aromatic N) is 1. The van der Waals surface area contributed by atoms with Crippen molar-refractivity contribution < 1.29 is 9.00 Å². The van der Waals surface area contributed by atoms with Crippen LogP contribution in [0.25, 0.3) is 0 Å². The van der Waals surface area contributed by atoms with Gasteiger partial charge >= 0.3 is 0 Å². The van der Waals surface area contributed by atoms with Gasteiger partial charge in [0.05, 0.1) is 0 Å². The minimum absolute atomic E-state index is 0.0669. The van der Waals surface area contributed by atoms with Gasteiger partial charge in [0.15, 0.2) is 0 Å². The summed E-state index contributed by atoms with van der Waals surface area (Å²) < 4.78 is 11.9. The van der Waals surface area contributed by atoms with E-state index in [0.717, 1.165) is 13.0 Å². The first-order valence-electron chi connectivity index (χ1n) is 6.20. The Labute approximate surface area is 108 Å². The molecule has 0 saturated carbocycles. The van der Waals surface area contributed by atoms with Gasteiger partial charge in [-0.3, -0.25) is 9.00 Å². The Balaban J connectivity index is 4.26. The van der Waals surface area contributed by atoms with Gasteiger partial charge in [0.2, 0.25) is 5.91 Å². The maximum Gasteiger partial charge on any atom is 0.234 e. The van der Waals surface area contributed by atoms with Crippen molar-refractivity contribution in [2.45, 2.75) is 33.2 Å². The molecule has 0 saturated heterocycles. The summed E-state index contributed by atoms with van der Waals surface area (Å²) >= 11 is 0. The first kappa shape index (κ1) is 16.6. The summed E-state index contributed by atoms with van der Waals surface area (Å²) in [6, 6.07) is 0.237. The number of carbonyl (C=O) groups excluding carboxylic acids is 1. The highest BCUT2D eigenvalue weighted by Gasteiger charge is 2.19. The van der Waals surface area contributed by atoms with E-state index in [4.69, 9.17) is 0 Å². The monoisotopic (exact) mass is 262 g/mol. The quantitative estimate of drug-likeness (QED) is 0.705. The Morgan fingerprint density at radius 3 is 2.35 bits per heavy atom. The lowest BCUT2D eigenvalue weighted by Gasteiger charge is -2.23. The Hall–Kier alpha value is -0.420. The lowest BCUT2D eigenvalue weighted by molar-refractivity contribution is -0.125. The van der Waals surface area contributed by atoms with Crippen molar-refractivity contribution in [2.75, 3.05) is 32.1 Å². The molecule has 102 valence electrons. The third-order valence-electron chi connectivity index (χ3n) is 2.95. The van der Waals surface area contributed by atoms with E-state index in [9.17, 15) is 9.00 Å². The maximum absolute atomic E-state index is 11.9. The van der Waals surface area contributed by atoms with Crippen LogP contribution in [-0.2, 0) is 15.6 Å². The lowest BCUT2D eigenvalue weighted by atomic mass is 10.0. The molecule has 0 fully saturated rings. The molecular weight excluding hydrogens is 236 g/mol. The fraction of sp³-hybridized carbons (Fsp3) is 0.917. The minimum Gasteiger partial charge on any atom is -0.348 e. The highest BCUT2D eigenvalue weighted by atomic mass is 32.2. The Kier molecular flexibility index (Phi) is 8.43. The van der Waals surface area contributed by atoms with E-state index in [0.29, 0.717) is 11.7 Å². The van der Waals surface area contributed by atoms with E-state index in [1.54, 1.807) is 14.1 Å². The molecular formula is C12H26N2O2S. The molecule has 0 spiro atoms. The predicted molar refractivity (Wildman–Crippen MR) is 73.5 cm³/mol. The average Bonchev–Trinajstić information content (AvgIpc) is 2.27. The second kappa shape index (κ2) is 8.64. The van der Waals surface area contributed by atoms with Gasteiger partial charge in [-0.2, -0.15) is 0 Å². The molecule has 1 amide bonds. The van der Waals surface area contributed by atoms with E-state index < -0.39 is 10.8 Å². The highest BCUT2D eigenvalue weighted by Crippen LogP contribution is 2.09. The maximum atomic E-state index is 11.9. The van der Waals surface area contributed by atoms with Gasteiger partial charge in [-0.1, -0.05) is 27.2 Å². The summed E-state index contributed by atoms with van der Waals surface area (Å²) in [5.41, 5.74) is 0. The Morgan fingerprint density at radius 2 is 1.94 bits per heavy atom. The van der Waals surface area contributed by atoms with E-state index in [-0.39, 0.29) is 17.7 Å². The molecule has 0 rings (SSSR count). The fourth-order valence-corrected chi connectivity index (χ4v) is 3.00. The van der Waals surface area contributed by atoms with Crippen LogP contribution in [0.4, 0.5) is 0 Å². The van der Waals surface area contributed by atoms with Gasteiger partial charge < -0.3 is 10.2 Å². The zero-order chi connectivity index (χ0) is 13.4. The van der Waals surface area contributed by atoms with Crippen molar-refractivity contribution in [3.63, 3.8) is 0 Å². The third-order valence-corrected chi connectivity index (χ3v) is 4.25. The number of amides is 1. The molecule has 0 aromatic heterocycles. The SMILES string of the molecule is CCNC(CS(=O)CC(=O)N(C)C)C(C)CC. The summed E-state index contributed by atoms with van der Waals surface area (Å²) in [7, 11) is 2.30. The molecule has 0 bridgehead atoms. The normalized spacial score (nSPS) is 16.3. The summed E-state index contributed by atoms with van der Waals surface area (Å²) in [5.74, 6) is 1.10. The van der Waals surface area contributed by atoms with Crippen molar-refractivity contribution in [1.82, 2.24) is 10.2 Å². The van der Waals surface area contributed by atoms with Crippen LogP contribution in [0.2, 0.25) is 0 Å². The molecule has 17 heavy (non-hydrogen) atoms. The van der Waals surface area contributed by atoms with Crippen LogP contribution < -0.4 is 5.32 Å². The molecule has 0 heterocycles. The van der Waals surface area contributed by atoms with Gasteiger partial charge in [0, 0.05) is 36.7 Å². The largest absolute Gasteiger partial charge is 0.348 e. The molecule has 5 heteroatoms. The average molecular weight is 262 g/mol.